The molecule has 1 fully saturated rings. The molecule has 1 amide bonds. The molecule has 0 aliphatic carbocycles. The average molecular weight is 462 g/mol. The summed E-state index contributed by atoms with van der Waals surface area (Å²) in [6, 6.07) is 11.5. The number of halogens is 1. The molecule has 2 atom stereocenters. The van der Waals surface area contributed by atoms with Crippen molar-refractivity contribution in [1.29, 1.82) is 0 Å². The highest BCUT2D eigenvalue weighted by Gasteiger charge is 2.21. The number of sulfonamides is 1. The number of rotatable bonds is 9. The first-order valence-corrected chi connectivity index (χ1v) is 12.6. The molecule has 6 nitrogen and oxygen atoms in total. The van der Waals surface area contributed by atoms with Gasteiger partial charge in [0, 0.05) is 31.7 Å². The van der Waals surface area contributed by atoms with E-state index in [0.717, 1.165) is 55.6 Å². The van der Waals surface area contributed by atoms with Crippen LogP contribution in [-0.2, 0) is 16.6 Å². The van der Waals surface area contributed by atoms with Crippen LogP contribution in [0.2, 0.25) is 0 Å². The van der Waals surface area contributed by atoms with Crippen LogP contribution in [-0.4, -0.2) is 45.4 Å². The summed E-state index contributed by atoms with van der Waals surface area (Å²) >= 11 is 0. The molecule has 2 aromatic carbocycles. The van der Waals surface area contributed by atoms with Crippen LogP contribution in [0.4, 0.5) is 4.39 Å². The Bertz CT molecular complexity index is 984. The highest BCUT2D eigenvalue weighted by Crippen LogP contribution is 2.20. The molecule has 1 aliphatic rings. The van der Waals surface area contributed by atoms with Crippen LogP contribution in [0, 0.1) is 17.7 Å². The van der Waals surface area contributed by atoms with E-state index in [1.165, 1.54) is 18.6 Å². The number of carbonyl (C=O) groups is 1. The first kappa shape index (κ1) is 24.4. The molecule has 0 spiro atoms. The number of amides is 1. The number of nitrogens with one attached hydrogen (secondary N) is 2. The molecule has 8 heteroatoms. The SMILES string of the molecule is C[C@@H]1C[C@@H](C)CN(CCCNC(=O)c2ccc(CNS(=O)(=O)c3ccc(F)cc3)cc2)C1. The van der Waals surface area contributed by atoms with Crippen molar-refractivity contribution in [3.8, 4) is 0 Å². The molecule has 32 heavy (non-hydrogen) atoms. The lowest BCUT2D eigenvalue weighted by Gasteiger charge is -2.34. The van der Waals surface area contributed by atoms with E-state index in [9.17, 15) is 17.6 Å². The molecule has 0 unspecified atom stereocenters. The fourth-order valence-electron chi connectivity index (χ4n) is 4.23. The monoisotopic (exact) mass is 461 g/mol. The number of hydrogen-bond acceptors (Lipinski definition) is 4. The van der Waals surface area contributed by atoms with E-state index in [4.69, 9.17) is 0 Å². The van der Waals surface area contributed by atoms with E-state index in [-0.39, 0.29) is 17.3 Å². The molecule has 2 N–H and O–H groups in total. The quantitative estimate of drug-likeness (QED) is 0.561. The Balaban J connectivity index is 1.42. The third kappa shape index (κ3) is 7.12. The van der Waals surface area contributed by atoms with Crippen LogP contribution in [0.25, 0.3) is 0 Å². The molecule has 174 valence electrons. The van der Waals surface area contributed by atoms with Gasteiger partial charge in [-0.15, -0.1) is 0 Å². The van der Waals surface area contributed by atoms with Gasteiger partial charge in [-0.3, -0.25) is 4.79 Å². The van der Waals surface area contributed by atoms with Crippen LogP contribution in [0.15, 0.2) is 53.4 Å². The van der Waals surface area contributed by atoms with Gasteiger partial charge in [-0.05, 0) is 73.2 Å². The fourth-order valence-corrected chi connectivity index (χ4v) is 5.25. The van der Waals surface area contributed by atoms with Crippen LogP contribution < -0.4 is 10.0 Å². The van der Waals surface area contributed by atoms with Crippen molar-refractivity contribution in [2.45, 2.75) is 38.1 Å². The summed E-state index contributed by atoms with van der Waals surface area (Å²) in [5, 5.41) is 2.95. The highest BCUT2D eigenvalue weighted by molar-refractivity contribution is 7.89. The lowest BCUT2D eigenvalue weighted by molar-refractivity contribution is 0.0947. The molecule has 0 saturated carbocycles. The number of carbonyl (C=O) groups excluding carboxylic acids is 1. The Hall–Kier alpha value is -2.29. The lowest BCUT2D eigenvalue weighted by Crippen LogP contribution is -2.40. The zero-order valence-electron chi connectivity index (χ0n) is 18.7. The zero-order valence-corrected chi connectivity index (χ0v) is 19.5. The van der Waals surface area contributed by atoms with Crippen LogP contribution >= 0.6 is 0 Å². The van der Waals surface area contributed by atoms with Crippen LogP contribution in [0.1, 0.15) is 42.6 Å². The van der Waals surface area contributed by atoms with Crippen LogP contribution in [0.3, 0.4) is 0 Å². The van der Waals surface area contributed by atoms with E-state index in [0.29, 0.717) is 12.1 Å². The smallest absolute Gasteiger partial charge is 0.251 e. The minimum absolute atomic E-state index is 0.00312. The summed E-state index contributed by atoms with van der Waals surface area (Å²) in [5.41, 5.74) is 1.26. The highest BCUT2D eigenvalue weighted by atomic mass is 32.2. The molecule has 1 saturated heterocycles. The van der Waals surface area contributed by atoms with Gasteiger partial charge in [0.25, 0.3) is 5.91 Å². The van der Waals surface area contributed by atoms with Gasteiger partial charge in [0.2, 0.25) is 10.0 Å². The number of benzene rings is 2. The first-order chi connectivity index (χ1) is 15.2. The van der Waals surface area contributed by atoms with E-state index in [2.05, 4.69) is 28.8 Å². The van der Waals surface area contributed by atoms with Crippen molar-refractivity contribution in [2.24, 2.45) is 11.8 Å². The molecular weight excluding hydrogens is 429 g/mol. The summed E-state index contributed by atoms with van der Waals surface area (Å²) in [4.78, 5) is 14.9. The summed E-state index contributed by atoms with van der Waals surface area (Å²) in [6.45, 7) is 8.53. The summed E-state index contributed by atoms with van der Waals surface area (Å²) in [5.74, 6) is 0.830. The Kier molecular flexibility index (Phi) is 8.39. The van der Waals surface area contributed by atoms with Crippen molar-refractivity contribution >= 4 is 15.9 Å². The Morgan fingerprint density at radius 2 is 1.66 bits per heavy atom. The molecule has 0 bridgehead atoms. The Morgan fingerprint density at radius 3 is 2.28 bits per heavy atom. The number of hydrogen-bond donors (Lipinski definition) is 2. The number of nitrogens with zero attached hydrogens (tertiary/aromatic N) is 1. The lowest BCUT2D eigenvalue weighted by atomic mass is 9.92. The van der Waals surface area contributed by atoms with Crippen LogP contribution in [0.5, 0.6) is 0 Å². The predicted octanol–water partition coefficient (Wildman–Crippen LogP) is 3.40. The minimum Gasteiger partial charge on any atom is -0.352 e. The largest absolute Gasteiger partial charge is 0.352 e. The standard InChI is InChI=1S/C24H32FN3O3S/c1-18-14-19(2)17-28(16-18)13-3-12-26-24(29)21-6-4-20(5-7-21)15-27-32(30,31)23-10-8-22(25)9-11-23/h4-11,18-19,27H,3,12-17H2,1-2H3,(H,26,29)/t18-,19-/m1/s1. The van der Waals surface area contributed by atoms with Gasteiger partial charge in [-0.1, -0.05) is 26.0 Å². The summed E-state index contributed by atoms with van der Waals surface area (Å²) < 4.78 is 40.0. The average Bonchev–Trinajstić information content (AvgIpc) is 2.75. The van der Waals surface area contributed by atoms with E-state index < -0.39 is 15.8 Å². The Morgan fingerprint density at radius 1 is 1.03 bits per heavy atom. The van der Waals surface area contributed by atoms with Crippen molar-refractivity contribution in [3.05, 3.63) is 65.5 Å². The first-order valence-electron chi connectivity index (χ1n) is 11.1. The molecule has 3 rings (SSSR count). The third-order valence-corrected chi connectivity index (χ3v) is 7.10. The van der Waals surface area contributed by atoms with Gasteiger partial charge < -0.3 is 10.2 Å². The van der Waals surface area contributed by atoms with Gasteiger partial charge in [-0.25, -0.2) is 17.5 Å². The van der Waals surface area contributed by atoms with Gasteiger partial charge in [0.05, 0.1) is 4.90 Å². The van der Waals surface area contributed by atoms with Gasteiger partial charge in [0.15, 0.2) is 0 Å². The zero-order chi connectivity index (χ0) is 23.1. The molecule has 0 radical (unpaired) electrons. The van der Waals surface area contributed by atoms with E-state index in [1.54, 1.807) is 24.3 Å². The summed E-state index contributed by atoms with van der Waals surface area (Å²) in [6.07, 6.45) is 2.20. The second-order valence-corrected chi connectivity index (χ2v) is 10.6. The third-order valence-electron chi connectivity index (χ3n) is 5.69. The van der Waals surface area contributed by atoms with Gasteiger partial charge in [0.1, 0.15) is 5.82 Å². The second-order valence-electron chi connectivity index (χ2n) is 8.79. The van der Waals surface area contributed by atoms with Crippen molar-refractivity contribution < 1.29 is 17.6 Å². The van der Waals surface area contributed by atoms with Gasteiger partial charge in [-0.2, -0.15) is 0 Å². The minimum atomic E-state index is -3.73. The maximum absolute atomic E-state index is 13.0. The molecule has 0 aromatic heterocycles. The predicted molar refractivity (Wildman–Crippen MR) is 123 cm³/mol. The maximum atomic E-state index is 13.0. The molecule has 2 aromatic rings. The van der Waals surface area contributed by atoms with Crippen molar-refractivity contribution in [1.82, 2.24) is 14.9 Å². The maximum Gasteiger partial charge on any atom is 0.251 e. The molecular formula is C24H32FN3O3S. The van der Waals surface area contributed by atoms with E-state index in [1.807, 2.05) is 0 Å². The number of piperidine rings is 1. The van der Waals surface area contributed by atoms with Crippen molar-refractivity contribution in [3.63, 3.8) is 0 Å². The fraction of sp³-hybridized carbons (Fsp3) is 0.458. The van der Waals surface area contributed by atoms with Crippen molar-refractivity contribution in [2.75, 3.05) is 26.2 Å². The summed E-state index contributed by atoms with van der Waals surface area (Å²) in [7, 11) is -3.73. The van der Waals surface area contributed by atoms with Gasteiger partial charge >= 0.3 is 0 Å². The topological polar surface area (TPSA) is 78.5 Å². The second kappa shape index (κ2) is 11.0. The van der Waals surface area contributed by atoms with E-state index >= 15 is 0 Å². The molecule has 1 heterocycles. The molecule has 1 aliphatic heterocycles. The normalized spacial score (nSPS) is 19.6. The number of likely N-dealkylation sites (tertiary alicyclic amines) is 1. The Labute approximate surface area is 190 Å².